The molecule has 5 nitrogen and oxygen atoms in total. The van der Waals surface area contributed by atoms with Gasteiger partial charge in [0.05, 0.1) is 11.9 Å². The van der Waals surface area contributed by atoms with Gasteiger partial charge >= 0.3 is 0 Å². The molecule has 0 radical (unpaired) electrons. The molecule has 1 amide bonds. The summed E-state index contributed by atoms with van der Waals surface area (Å²) >= 11 is 0. The highest BCUT2D eigenvalue weighted by Crippen LogP contribution is 2.22. The molecule has 2 rings (SSSR count). The first-order chi connectivity index (χ1) is 7.22. The third kappa shape index (κ3) is 1.73. The van der Waals surface area contributed by atoms with Gasteiger partial charge < -0.3 is 10.6 Å². The maximum atomic E-state index is 11.6. The molecule has 0 aromatic carbocycles. The summed E-state index contributed by atoms with van der Waals surface area (Å²) in [5, 5.41) is 0. The van der Waals surface area contributed by atoms with Crippen LogP contribution in [0.1, 0.15) is 16.8 Å². The van der Waals surface area contributed by atoms with Crippen molar-refractivity contribution in [2.24, 2.45) is 5.73 Å². The minimum Gasteiger partial charge on any atom is -0.326 e. The van der Waals surface area contributed by atoms with Crippen LogP contribution in [0, 0.1) is 0 Å². The van der Waals surface area contributed by atoms with E-state index in [2.05, 4.69) is 4.98 Å². The number of carbonyl (C=O) groups excluding carboxylic acids is 2. The SMILES string of the molecule is NC1CC(=O)N(c2cnccc2C=O)C1. The summed E-state index contributed by atoms with van der Waals surface area (Å²) in [6.45, 7) is 0.450. The van der Waals surface area contributed by atoms with Crippen LogP contribution >= 0.6 is 0 Å². The van der Waals surface area contributed by atoms with E-state index < -0.39 is 0 Å². The lowest BCUT2D eigenvalue weighted by Gasteiger charge is -2.16. The number of aldehydes is 1. The molecule has 0 spiro atoms. The standard InChI is InChI=1S/C10H11N3O2/c11-8-3-10(15)13(5-8)9-4-12-2-1-7(9)6-14/h1-2,4,6,8H,3,5,11H2. The van der Waals surface area contributed by atoms with Crippen LogP contribution in [0.4, 0.5) is 5.69 Å². The van der Waals surface area contributed by atoms with E-state index in [1.807, 2.05) is 0 Å². The quantitative estimate of drug-likeness (QED) is 0.687. The predicted octanol–water partition coefficient (Wildman–Crippen LogP) is -0.0419. The summed E-state index contributed by atoms with van der Waals surface area (Å²) in [7, 11) is 0. The summed E-state index contributed by atoms with van der Waals surface area (Å²) < 4.78 is 0. The van der Waals surface area contributed by atoms with Crippen molar-refractivity contribution in [3.05, 3.63) is 24.0 Å². The Morgan fingerprint density at radius 1 is 1.60 bits per heavy atom. The molecule has 2 heterocycles. The highest BCUT2D eigenvalue weighted by atomic mass is 16.2. The van der Waals surface area contributed by atoms with Crippen LogP contribution in [0.5, 0.6) is 0 Å². The van der Waals surface area contributed by atoms with Gasteiger partial charge in [-0.15, -0.1) is 0 Å². The van der Waals surface area contributed by atoms with Gasteiger partial charge in [-0.25, -0.2) is 0 Å². The topological polar surface area (TPSA) is 76.3 Å². The van der Waals surface area contributed by atoms with E-state index in [0.29, 0.717) is 30.5 Å². The van der Waals surface area contributed by atoms with Gasteiger partial charge in [-0.05, 0) is 6.07 Å². The van der Waals surface area contributed by atoms with Crippen molar-refractivity contribution < 1.29 is 9.59 Å². The Hall–Kier alpha value is -1.75. The van der Waals surface area contributed by atoms with Crippen molar-refractivity contribution in [2.75, 3.05) is 11.4 Å². The zero-order chi connectivity index (χ0) is 10.8. The molecule has 1 aromatic heterocycles. The van der Waals surface area contributed by atoms with Crippen LogP contribution in [-0.2, 0) is 4.79 Å². The number of aromatic nitrogens is 1. The van der Waals surface area contributed by atoms with Gasteiger partial charge in [-0.1, -0.05) is 0 Å². The number of nitrogens with two attached hydrogens (primary N) is 1. The molecule has 1 aliphatic rings. The highest BCUT2D eigenvalue weighted by Gasteiger charge is 2.29. The Labute approximate surface area is 86.9 Å². The third-order valence-electron chi connectivity index (χ3n) is 2.41. The molecule has 2 N–H and O–H groups in total. The lowest BCUT2D eigenvalue weighted by molar-refractivity contribution is -0.117. The Morgan fingerprint density at radius 2 is 2.40 bits per heavy atom. The fraction of sp³-hybridized carbons (Fsp3) is 0.300. The molecule has 1 atom stereocenters. The Balaban J connectivity index is 2.37. The maximum Gasteiger partial charge on any atom is 0.228 e. The molecule has 1 fully saturated rings. The van der Waals surface area contributed by atoms with Crippen molar-refractivity contribution >= 4 is 17.9 Å². The zero-order valence-corrected chi connectivity index (χ0v) is 8.09. The summed E-state index contributed by atoms with van der Waals surface area (Å²) in [6, 6.07) is 1.43. The molecular weight excluding hydrogens is 194 g/mol. The van der Waals surface area contributed by atoms with Crippen LogP contribution < -0.4 is 10.6 Å². The zero-order valence-electron chi connectivity index (χ0n) is 8.09. The molecule has 0 bridgehead atoms. The number of anilines is 1. The number of nitrogens with zero attached hydrogens (tertiary/aromatic N) is 2. The number of hydrogen-bond donors (Lipinski definition) is 1. The normalized spacial score (nSPS) is 20.7. The fourth-order valence-corrected chi connectivity index (χ4v) is 1.69. The number of hydrogen-bond acceptors (Lipinski definition) is 4. The monoisotopic (exact) mass is 205 g/mol. The largest absolute Gasteiger partial charge is 0.326 e. The first kappa shape index (κ1) is 9.79. The van der Waals surface area contributed by atoms with Crippen molar-refractivity contribution in [1.82, 2.24) is 4.98 Å². The van der Waals surface area contributed by atoms with E-state index in [9.17, 15) is 9.59 Å². The summed E-state index contributed by atoms with van der Waals surface area (Å²) in [5.41, 5.74) is 6.69. The van der Waals surface area contributed by atoms with Crippen molar-refractivity contribution in [3.63, 3.8) is 0 Å². The van der Waals surface area contributed by atoms with Crippen LogP contribution in [0.15, 0.2) is 18.5 Å². The number of pyridine rings is 1. The van der Waals surface area contributed by atoms with E-state index in [1.165, 1.54) is 17.3 Å². The third-order valence-corrected chi connectivity index (χ3v) is 2.41. The first-order valence-electron chi connectivity index (χ1n) is 4.67. The molecule has 15 heavy (non-hydrogen) atoms. The second-order valence-corrected chi connectivity index (χ2v) is 3.52. The van der Waals surface area contributed by atoms with Gasteiger partial charge in [0.1, 0.15) is 0 Å². The molecule has 1 saturated heterocycles. The molecule has 1 unspecified atom stereocenters. The van der Waals surface area contributed by atoms with Gasteiger partial charge in [-0.2, -0.15) is 0 Å². The van der Waals surface area contributed by atoms with Crippen molar-refractivity contribution in [2.45, 2.75) is 12.5 Å². The van der Waals surface area contributed by atoms with Crippen molar-refractivity contribution in [3.8, 4) is 0 Å². The first-order valence-corrected chi connectivity index (χ1v) is 4.67. The van der Waals surface area contributed by atoms with E-state index in [-0.39, 0.29) is 11.9 Å². The minimum absolute atomic E-state index is 0.0569. The predicted molar refractivity (Wildman–Crippen MR) is 54.6 cm³/mol. The molecule has 1 aromatic rings. The smallest absolute Gasteiger partial charge is 0.228 e. The summed E-state index contributed by atoms with van der Waals surface area (Å²) in [4.78, 5) is 27.7. The molecule has 0 saturated carbocycles. The molecule has 78 valence electrons. The van der Waals surface area contributed by atoms with E-state index in [4.69, 9.17) is 5.73 Å². The van der Waals surface area contributed by atoms with Crippen molar-refractivity contribution in [1.29, 1.82) is 0 Å². The van der Waals surface area contributed by atoms with E-state index in [1.54, 1.807) is 6.07 Å². The van der Waals surface area contributed by atoms with Gasteiger partial charge in [0.15, 0.2) is 6.29 Å². The maximum absolute atomic E-state index is 11.6. The fourth-order valence-electron chi connectivity index (χ4n) is 1.69. The van der Waals surface area contributed by atoms with Gasteiger partial charge in [-0.3, -0.25) is 14.6 Å². The molecular formula is C10H11N3O2. The average Bonchev–Trinajstić information content (AvgIpc) is 2.57. The van der Waals surface area contributed by atoms with Gasteiger partial charge in [0.2, 0.25) is 5.91 Å². The molecule has 0 aliphatic carbocycles. The van der Waals surface area contributed by atoms with Gasteiger partial charge in [0, 0.05) is 30.8 Å². The molecule has 1 aliphatic heterocycles. The van der Waals surface area contributed by atoms with E-state index >= 15 is 0 Å². The summed E-state index contributed by atoms with van der Waals surface area (Å²) in [5.74, 6) is -0.0569. The van der Waals surface area contributed by atoms with Crippen LogP contribution in [0.25, 0.3) is 0 Å². The number of rotatable bonds is 2. The average molecular weight is 205 g/mol. The summed E-state index contributed by atoms with van der Waals surface area (Å²) in [6.07, 6.45) is 4.08. The number of amides is 1. The van der Waals surface area contributed by atoms with Crippen LogP contribution in [0.3, 0.4) is 0 Å². The lowest BCUT2D eigenvalue weighted by Crippen LogP contribution is -2.28. The Kier molecular flexibility index (Phi) is 2.47. The lowest BCUT2D eigenvalue weighted by atomic mass is 10.2. The van der Waals surface area contributed by atoms with Crippen LogP contribution in [-0.4, -0.2) is 29.8 Å². The van der Waals surface area contributed by atoms with E-state index in [0.717, 1.165) is 0 Å². The Bertz CT molecular complexity index is 405. The second-order valence-electron chi connectivity index (χ2n) is 3.52. The van der Waals surface area contributed by atoms with Crippen LogP contribution in [0.2, 0.25) is 0 Å². The Morgan fingerprint density at radius 3 is 3.00 bits per heavy atom. The number of carbonyl (C=O) groups is 2. The molecule has 5 heteroatoms. The second kappa shape index (κ2) is 3.78. The van der Waals surface area contributed by atoms with Gasteiger partial charge in [0.25, 0.3) is 0 Å². The minimum atomic E-state index is -0.155. The highest BCUT2D eigenvalue weighted by molar-refractivity contribution is 6.00.